The van der Waals surface area contributed by atoms with E-state index in [2.05, 4.69) is 0 Å². The first-order chi connectivity index (χ1) is 16.0. The molecule has 0 spiro atoms. The summed E-state index contributed by atoms with van der Waals surface area (Å²) >= 11 is 19.9. The summed E-state index contributed by atoms with van der Waals surface area (Å²) in [5.74, 6) is 0. The zero-order valence-electron chi connectivity index (χ0n) is 18.2. The summed E-state index contributed by atoms with van der Waals surface area (Å²) in [5.41, 5.74) is 0. The van der Waals surface area contributed by atoms with Crippen LogP contribution in [0, 0.1) is 0 Å². The van der Waals surface area contributed by atoms with E-state index in [1.54, 1.807) is 12.1 Å². The third kappa shape index (κ3) is 7.77. The van der Waals surface area contributed by atoms with Crippen LogP contribution in [-0.4, -0.2) is 78.1 Å². The second kappa shape index (κ2) is 13.4. The first kappa shape index (κ1) is 30.8. The Kier molecular flexibility index (Phi) is 11.8. The Morgan fingerprint density at radius 3 is 1.17 bits per heavy atom. The molecule has 2 aromatic carbocycles. The second-order valence-electron chi connectivity index (χ2n) is 7.25. The second-order valence-corrected chi connectivity index (χ2v) is 12.9. The van der Waals surface area contributed by atoms with Crippen LogP contribution in [0.2, 0.25) is 0 Å². The van der Waals surface area contributed by atoms with Gasteiger partial charge in [0.1, 0.15) is 0 Å². The van der Waals surface area contributed by atoms with E-state index in [0.717, 1.165) is 0 Å². The van der Waals surface area contributed by atoms with Gasteiger partial charge in [-0.2, -0.15) is 28.2 Å². The monoisotopic (exact) mass is 636 g/mol. The molecule has 2 aromatic rings. The van der Waals surface area contributed by atoms with Gasteiger partial charge in [-0.1, -0.05) is 24.3 Å². The maximum atomic E-state index is 12.2. The molecule has 0 aromatic heterocycles. The molecule has 195 valence electrons. The smallest absolute Gasteiger partial charge is 0.781 e. The van der Waals surface area contributed by atoms with E-state index in [4.69, 9.17) is 60.0 Å². The molecule has 1 radical (unpaired) electrons. The fourth-order valence-electron chi connectivity index (χ4n) is 3.17. The predicted molar refractivity (Wildman–Crippen MR) is 135 cm³/mol. The van der Waals surface area contributed by atoms with E-state index in [1.807, 2.05) is 0 Å². The van der Waals surface area contributed by atoms with Gasteiger partial charge in [0.25, 0.3) is 0 Å². The average Bonchev–Trinajstić information content (AvgIpc) is 2.84. The maximum absolute atomic E-state index is 12.2. The van der Waals surface area contributed by atoms with Crippen LogP contribution in [0.1, 0.15) is 0 Å². The molecule has 0 aliphatic carbocycles. The van der Waals surface area contributed by atoms with Crippen LogP contribution < -0.4 is 0 Å². The molecule has 2 fully saturated rings. The number of benzene rings is 2. The number of ether oxygens (including phenoxy) is 2. The summed E-state index contributed by atoms with van der Waals surface area (Å²) in [7, 11) is -6.92. The molecule has 2 aliphatic rings. The van der Waals surface area contributed by atoms with Gasteiger partial charge in [0, 0.05) is 26.2 Å². The summed E-state index contributed by atoms with van der Waals surface area (Å²) in [4.78, 5) is 2.21. The number of hydrogen-bond donors (Lipinski definition) is 0. The van der Waals surface area contributed by atoms with Crippen LogP contribution in [0.5, 0.6) is 0 Å². The maximum Gasteiger partial charge on any atom is 3.00 e. The Hall–Kier alpha value is -0.446. The van der Waals surface area contributed by atoms with E-state index >= 15 is 0 Å². The van der Waals surface area contributed by atoms with Gasteiger partial charge < -0.3 is 60.0 Å². The molecule has 0 N–H and O–H groups in total. The fourth-order valence-corrected chi connectivity index (χ4v) is 6.83. The molecule has 4 rings (SSSR count). The molecule has 15 heteroatoms. The van der Waals surface area contributed by atoms with Crippen LogP contribution in [0.25, 0.3) is 0 Å². The molecule has 0 bridgehead atoms. The van der Waals surface area contributed by atoms with Crippen molar-refractivity contribution in [3.05, 3.63) is 36.4 Å². The first-order valence-electron chi connectivity index (χ1n) is 10.2. The molecule has 0 atom stereocenters. The van der Waals surface area contributed by atoms with Crippen molar-refractivity contribution in [3.8, 4) is 0 Å². The van der Waals surface area contributed by atoms with Crippen LogP contribution in [-0.2, 0) is 96.5 Å². The Labute approximate surface area is 238 Å². The summed E-state index contributed by atoms with van der Waals surface area (Å²) in [6.45, 7) is 3.24. The standard InChI is InChI=1S/2C10H13NO3S3.Ni/c2*12-17(13,11-3-5-14-6-4-11)8-1-2-9(15)10(16)7-8;/h2*1-2,7,15-16H,3-6H2;/q;;+3/p-4. The van der Waals surface area contributed by atoms with Crippen molar-refractivity contribution in [3.63, 3.8) is 0 Å². The van der Waals surface area contributed by atoms with Gasteiger partial charge in [-0.15, -0.1) is 0 Å². The number of nitrogens with zero attached hydrogens (tertiary/aromatic N) is 2. The van der Waals surface area contributed by atoms with E-state index in [-0.39, 0.29) is 26.3 Å². The number of hydrogen-bond acceptors (Lipinski definition) is 10. The Morgan fingerprint density at radius 1 is 0.571 bits per heavy atom. The van der Waals surface area contributed by atoms with E-state index in [1.165, 1.54) is 32.9 Å². The van der Waals surface area contributed by atoms with Crippen molar-refractivity contribution in [1.82, 2.24) is 8.61 Å². The van der Waals surface area contributed by atoms with Crippen LogP contribution in [0.4, 0.5) is 0 Å². The van der Waals surface area contributed by atoms with Crippen molar-refractivity contribution in [2.24, 2.45) is 0 Å². The van der Waals surface area contributed by atoms with E-state index in [9.17, 15) is 16.8 Å². The van der Waals surface area contributed by atoms with Gasteiger partial charge in [-0.3, -0.25) is 0 Å². The minimum atomic E-state index is -3.46. The van der Waals surface area contributed by atoms with E-state index < -0.39 is 20.0 Å². The fraction of sp³-hybridized carbons (Fsp3) is 0.400. The summed E-state index contributed by atoms with van der Waals surface area (Å²) < 4.78 is 62.0. The topological polar surface area (TPSA) is 93.2 Å². The number of sulfonamides is 2. The number of morpholine rings is 2. The third-order valence-corrected chi connectivity index (χ3v) is 10.5. The molecule has 0 amide bonds. The summed E-state index contributed by atoms with van der Waals surface area (Å²) in [6.07, 6.45) is 0. The quantitative estimate of drug-likeness (QED) is 0.358. The van der Waals surface area contributed by atoms with Crippen molar-refractivity contribution in [2.75, 3.05) is 52.6 Å². The van der Waals surface area contributed by atoms with Gasteiger partial charge in [-0.05, 0) is 12.1 Å². The molecular formula is C20H22N2NiO6S6-. The first-order valence-corrected chi connectivity index (χ1v) is 14.7. The summed E-state index contributed by atoms with van der Waals surface area (Å²) in [5, 5.41) is 0. The van der Waals surface area contributed by atoms with Crippen LogP contribution in [0.3, 0.4) is 0 Å². The number of rotatable bonds is 4. The normalized spacial score (nSPS) is 17.6. The van der Waals surface area contributed by atoms with Crippen LogP contribution in [0.15, 0.2) is 65.8 Å². The molecule has 2 heterocycles. The van der Waals surface area contributed by atoms with Gasteiger partial charge >= 0.3 is 16.5 Å². The Morgan fingerprint density at radius 2 is 0.886 bits per heavy atom. The van der Waals surface area contributed by atoms with Crippen molar-refractivity contribution in [1.29, 1.82) is 0 Å². The predicted octanol–water partition coefficient (Wildman–Crippen LogP) is 1.04. The third-order valence-electron chi connectivity index (χ3n) is 5.05. The summed E-state index contributed by atoms with van der Waals surface area (Å²) in [6, 6.07) is 9.02. The molecule has 0 saturated carbocycles. The van der Waals surface area contributed by atoms with Gasteiger partial charge in [0.2, 0.25) is 20.0 Å². The minimum Gasteiger partial charge on any atom is -0.781 e. The molecule has 2 aliphatic heterocycles. The SMILES string of the molecule is O=S(=O)(c1ccc([S-])c([S-])c1)N1CCOCC1.O=S(=O)(c1ccc([S-])c([S-])c1)N1CCOCC1.[Ni+3]. The van der Waals surface area contributed by atoms with E-state index in [0.29, 0.717) is 72.2 Å². The molecule has 35 heavy (non-hydrogen) atoms. The van der Waals surface area contributed by atoms with Crippen molar-refractivity contribution in [2.45, 2.75) is 29.4 Å². The Balaban J connectivity index is 0.000000240. The van der Waals surface area contributed by atoms with Gasteiger partial charge in [0.05, 0.1) is 36.2 Å². The largest absolute Gasteiger partial charge is 3.00 e. The zero-order valence-corrected chi connectivity index (χ0v) is 24.1. The molecule has 0 unspecified atom stereocenters. The van der Waals surface area contributed by atoms with Crippen molar-refractivity contribution < 1.29 is 42.8 Å². The minimum absolute atomic E-state index is 0. The molecule has 8 nitrogen and oxygen atoms in total. The van der Waals surface area contributed by atoms with Crippen molar-refractivity contribution >= 4 is 70.6 Å². The van der Waals surface area contributed by atoms with Gasteiger partial charge in [0.15, 0.2) is 0 Å². The van der Waals surface area contributed by atoms with Gasteiger partial charge in [-0.25, -0.2) is 16.8 Å². The van der Waals surface area contributed by atoms with Crippen LogP contribution >= 0.6 is 0 Å². The molecule has 2 saturated heterocycles. The zero-order chi connectivity index (χ0) is 24.9. The Bertz CT molecular complexity index is 1120. The average molecular weight is 637 g/mol. The molecular weight excluding hydrogens is 615 g/mol.